The average Bonchev–Trinajstić information content (AvgIpc) is 3.26. The number of nitrogens with zero attached hydrogens (tertiary/aromatic N) is 3. The van der Waals surface area contributed by atoms with Crippen LogP contribution in [0, 0.1) is 11.8 Å². The standard InChI is InChI=1S/C18H27N3O/c1-22-18-6-9-21(11-14-2-3-14)17-13-20(12-16(17)18)10-15-4-7-19-8-5-15/h4-5,7-8,14,16-18H,2-3,6,9-13H2,1H3/t16-,17+,18-/m0/s1. The molecule has 1 saturated carbocycles. The molecule has 4 heteroatoms. The van der Waals surface area contributed by atoms with Crippen molar-refractivity contribution in [2.75, 3.05) is 33.3 Å². The Kier molecular flexibility index (Phi) is 4.16. The lowest BCUT2D eigenvalue weighted by Gasteiger charge is -2.41. The van der Waals surface area contributed by atoms with Crippen molar-refractivity contribution >= 4 is 0 Å². The number of piperidine rings is 1. The van der Waals surface area contributed by atoms with E-state index in [1.54, 1.807) is 0 Å². The summed E-state index contributed by atoms with van der Waals surface area (Å²) in [4.78, 5) is 9.50. The van der Waals surface area contributed by atoms with Crippen molar-refractivity contribution < 1.29 is 4.74 Å². The van der Waals surface area contributed by atoms with Crippen LogP contribution >= 0.6 is 0 Å². The van der Waals surface area contributed by atoms with E-state index in [-0.39, 0.29) is 0 Å². The van der Waals surface area contributed by atoms with E-state index in [4.69, 9.17) is 4.74 Å². The van der Waals surface area contributed by atoms with E-state index in [1.807, 2.05) is 19.5 Å². The van der Waals surface area contributed by atoms with Crippen LogP contribution in [0.25, 0.3) is 0 Å². The molecule has 0 unspecified atom stereocenters. The maximum absolute atomic E-state index is 5.81. The molecule has 0 bridgehead atoms. The monoisotopic (exact) mass is 301 g/mol. The zero-order valence-electron chi connectivity index (χ0n) is 13.5. The molecule has 3 atom stereocenters. The molecule has 0 aromatic carbocycles. The third kappa shape index (κ3) is 3.05. The second-order valence-electron chi connectivity index (χ2n) is 7.28. The lowest BCUT2D eigenvalue weighted by Crippen LogP contribution is -2.51. The number of rotatable bonds is 5. The van der Waals surface area contributed by atoms with Gasteiger partial charge in [0.2, 0.25) is 0 Å². The Morgan fingerprint density at radius 2 is 2.00 bits per heavy atom. The molecule has 3 heterocycles. The average molecular weight is 301 g/mol. The van der Waals surface area contributed by atoms with Gasteiger partial charge in [0.15, 0.2) is 0 Å². The van der Waals surface area contributed by atoms with Crippen molar-refractivity contribution in [3.63, 3.8) is 0 Å². The molecular formula is C18H27N3O. The van der Waals surface area contributed by atoms with Crippen molar-refractivity contribution in [2.45, 2.75) is 38.0 Å². The first-order chi connectivity index (χ1) is 10.8. The van der Waals surface area contributed by atoms with Crippen molar-refractivity contribution in [3.05, 3.63) is 30.1 Å². The summed E-state index contributed by atoms with van der Waals surface area (Å²) >= 11 is 0. The van der Waals surface area contributed by atoms with Gasteiger partial charge in [-0.25, -0.2) is 0 Å². The van der Waals surface area contributed by atoms with Crippen LogP contribution in [0.5, 0.6) is 0 Å². The van der Waals surface area contributed by atoms with E-state index in [1.165, 1.54) is 51.0 Å². The fourth-order valence-corrected chi connectivity index (χ4v) is 4.35. The van der Waals surface area contributed by atoms with Gasteiger partial charge in [-0.1, -0.05) is 0 Å². The van der Waals surface area contributed by atoms with Gasteiger partial charge in [-0.05, 0) is 42.9 Å². The van der Waals surface area contributed by atoms with E-state index in [0.717, 1.165) is 12.5 Å². The summed E-state index contributed by atoms with van der Waals surface area (Å²) in [5.41, 5.74) is 1.37. The van der Waals surface area contributed by atoms with E-state index in [2.05, 4.69) is 26.9 Å². The van der Waals surface area contributed by atoms with Gasteiger partial charge in [0.05, 0.1) is 6.10 Å². The number of pyridine rings is 1. The highest BCUT2D eigenvalue weighted by molar-refractivity contribution is 5.11. The van der Waals surface area contributed by atoms with Crippen LogP contribution in [0.15, 0.2) is 24.5 Å². The first kappa shape index (κ1) is 14.6. The van der Waals surface area contributed by atoms with Crippen molar-refractivity contribution in [3.8, 4) is 0 Å². The number of aromatic nitrogens is 1. The second-order valence-corrected chi connectivity index (χ2v) is 7.28. The van der Waals surface area contributed by atoms with Crippen LogP contribution in [0.3, 0.4) is 0 Å². The number of likely N-dealkylation sites (tertiary alicyclic amines) is 2. The van der Waals surface area contributed by atoms with Crippen LogP contribution in [-0.4, -0.2) is 60.2 Å². The lowest BCUT2D eigenvalue weighted by atomic mass is 9.89. The Labute approximate surface area is 133 Å². The first-order valence-corrected chi connectivity index (χ1v) is 8.71. The highest BCUT2D eigenvalue weighted by Gasteiger charge is 2.45. The summed E-state index contributed by atoms with van der Waals surface area (Å²) in [6.45, 7) is 5.95. The molecule has 1 aromatic rings. The van der Waals surface area contributed by atoms with Crippen LogP contribution in [0.4, 0.5) is 0 Å². The van der Waals surface area contributed by atoms with Crippen LogP contribution < -0.4 is 0 Å². The van der Waals surface area contributed by atoms with E-state index in [0.29, 0.717) is 18.1 Å². The van der Waals surface area contributed by atoms with Gasteiger partial charge in [-0.3, -0.25) is 14.8 Å². The summed E-state index contributed by atoms with van der Waals surface area (Å²) in [5, 5.41) is 0. The zero-order chi connectivity index (χ0) is 14.9. The molecule has 4 rings (SSSR count). The number of hydrogen-bond acceptors (Lipinski definition) is 4. The van der Waals surface area contributed by atoms with Gasteiger partial charge in [0, 0.05) is 64.2 Å². The molecule has 0 N–H and O–H groups in total. The van der Waals surface area contributed by atoms with E-state index >= 15 is 0 Å². The molecular weight excluding hydrogens is 274 g/mol. The third-order valence-corrected chi connectivity index (χ3v) is 5.70. The number of methoxy groups -OCH3 is 1. The Balaban J connectivity index is 1.44. The summed E-state index contributed by atoms with van der Waals surface area (Å²) in [5.74, 6) is 1.66. The maximum atomic E-state index is 5.81. The zero-order valence-corrected chi connectivity index (χ0v) is 13.5. The molecule has 2 aliphatic heterocycles. The molecule has 2 saturated heterocycles. The molecule has 0 spiro atoms. The first-order valence-electron chi connectivity index (χ1n) is 8.71. The Bertz CT molecular complexity index is 490. The normalized spacial score (nSPS) is 33.0. The maximum Gasteiger partial charge on any atom is 0.0639 e. The smallest absolute Gasteiger partial charge is 0.0639 e. The summed E-state index contributed by atoms with van der Waals surface area (Å²) in [6.07, 6.45) is 8.34. The third-order valence-electron chi connectivity index (χ3n) is 5.70. The summed E-state index contributed by atoms with van der Waals surface area (Å²) < 4.78 is 5.81. The molecule has 0 radical (unpaired) electrons. The molecule has 3 aliphatic rings. The molecule has 0 amide bonds. The molecule has 4 nitrogen and oxygen atoms in total. The topological polar surface area (TPSA) is 28.6 Å². The van der Waals surface area contributed by atoms with Crippen molar-refractivity contribution in [1.82, 2.24) is 14.8 Å². The van der Waals surface area contributed by atoms with Gasteiger partial charge < -0.3 is 4.74 Å². The number of hydrogen-bond donors (Lipinski definition) is 0. The van der Waals surface area contributed by atoms with Gasteiger partial charge in [0.1, 0.15) is 0 Å². The van der Waals surface area contributed by atoms with Crippen molar-refractivity contribution in [1.29, 1.82) is 0 Å². The summed E-state index contributed by atoms with van der Waals surface area (Å²) in [6, 6.07) is 4.97. The fraction of sp³-hybridized carbons (Fsp3) is 0.722. The quantitative estimate of drug-likeness (QED) is 0.832. The Morgan fingerprint density at radius 3 is 2.73 bits per heavy atom. The lowest BCUT2D eigenvalue weighted by molar-refractivity contribution is -0.0230. The minimum absolute atomic E-state index is 0.447. The second kappa shape index (κ2) is 6.26. The van der Waals surface area contributed by atoms with Crippen molar-refractivity contribution in [2.24, 2.45) is 11.8 Å². The van der Waals surface area contributed by atoms with E-state index in [9.17, 15) is 0 Å². The Morgan fingerprint density at radius 1 is 1.18 bits per heavy atom. The van der Waals surface area contributed by atoms with Crippen LogP contribution in [-0.2, 0) is 11.3 Å². The van der Waals surface area contributed by atoms with Gasteiger partial charge >= 0.3 is 0 Å². The van der Waals surface area contributed by atoms with E-state index < -0.39 is 0 Å². The molecule has 22 heavy (non-hydrogen) atoms. The highest BCUT2D eigenvalue weighted by Crippen LogP contribution is 2.37. The van der Waals surface area contributed by atoms with Gasteiger partial charge in [-0.15, -0.1) is 0 Å². The van der Waals surface area contributed by atoms with Gasteiger partial charge in [0.25, 0.3) is 0 Å². The molecule has 120 valence electrons. The SMILES string of the molecule is CO[C@H]1CCN(CC2CC2)[C@@H]2CN(Cc3ccncc3)C[C@H]12. The van der Waals surface area contributed by atoms with Crippen LogP contribution in [0.1, 0.15) is 24.8 Å². The van der Waals surface area contributed by atoms with Crippen LogP contribution in [0.2, 0.25) is 0 Å². The largest absolute Gasteiger partial charge is 0.381 e. The van der Waals surface area contributed by atoms with Gasteiger partial charge in [-0.2, -0.15) is 0 Å². The predicted molar refractivity (Wildman–Crippen MR) is 86.5 cm³/mol. The Hall–Kier alpha value is -0.970. The summed E-state index contributed by atoms with van der Waals surface area (Å²) in [7, 11) is 1.89. The minimum Gasteiger partial charge on any atom is -0.381 e. The predicted octanol–water partition coefficient (Wildman–Crippen LogP) is 2.01. The molecule has 1 aromatic heterocycles. The molecule has 1 aliphatic carbocycles. The number of fused-ring (bicyclic) bond motifs is 1. The minimum atomic E-state index is 0.447. The highest BCUT2D eigenvalue weighted by atomic mass is 16.5. The molecule has 3 fully saturated rings. The fourth-order valence-electron chi connectivity index (χ4n) is 4.35. The number of ether oxygens (including phenoxy) is 1.